The van der Waals surface area contributed by atoms with Gasteiger partial charge in [0.1, 0.15) is 10.8 Å². The summed E-state index contributed by atoms with van der Waals surface area (Å²) in [6.45, 7) is 2.35. The fourth-order valence-electron chi connectivity index (χ4n) is 3.16. The van der Waals surface area contributed by atoms with Crippen molar-refractivity contribution in [2.45, 2.75) is 19.3 Å². The van der Waals surface area contributed by atoms with E-state index < -0.39 is 0 Å². The molecular weight excluding hydrogens is 358 g/mol. The first-order valence-corrected chi connectivity index (χ1v) is 10.0. The Labute approximate surface area is 162 Å². The molecule has 0 bridgehead atoms. The Morgan fingerprint density at radius 1 is 1.19 bits per heavy atom. The van der Waals surface area contributed by atoms with Gasteiger partial charge in [0.25, 0.3) is 5.91 Å². The van der Waals surface area contributed by atoms with Crippen LogP contribution in [0.1, 0.15) is 28.9 Å². The van der Waals surface area contributed by atoms with Gasteiger partial charge in [0.2, 0.25) is 0 Å². The first kappa shape index (κ1) is 17.6. The Morgan fingerprint density at radius 2 is 2.04 bits per heavy atom. The first-order chi connectivity index (χ1) is 13.3. The number of carbonyl (C=O) groups excluding carboxylic acids is 1. The highest BCUT2D eigenvalue weighted by molar-refractivity contribution is 7.13. The summed E-state index contributed by atoms with van der Waals surface area (Å²) < 4.78 is 0. The number of anilines is 1. The zero-order valence-electron chi connectivity index (χ0n) is 15.0. The van der Waals surface area contributed by atoms with Gasteiger partial charge >= 0.3 is 0 Å². The number of likely N-dealkylation sites (tertiary alicyclic amines) is 1. The van der Waals surface area contributed by atoms with Gasteiger partial charge in [-0.15, -0.1) is 11.3 Å². The standard InChI is InChI=1S/C20H21N5OS/c26-20(25-11-1-2-12-25)17-6-4-9-22-18(17)23-10-7-16-14-27-19(24-16)15-5-3-8-21-13-15/h3-6,8-9,13-14H,1-2,7,10-12H2,(H,22,23). The van der Waals surface area contributed by atoms with Crippen molar-refractivity contribution in [3.63, 3.8) is 0 Å². The molecule has 1 saturated heterocycles. The molecule has 0 unspecified atom stereocenters. The van der Waals surface area contributed by atoms with Crippen LogP contribution in [0.15, 0.2) is 48.2 Å². The van der Waals surface area contributed by atoms with E-state index in [1.807, 2.05) is 35.4 Å². The van der Waals surface area contributed by atoms with E-state index >= 15 is 0 Å². The smallest absolute Gasteiger partial charge is 0.257 e. The Balaban J connectivity index is 1.38. The van der Waals surface area contributed by atoms with E-state index in [2.05, 4.69) is 25.6 Å². The zero-order chi connectivity index (χ0) is 18.5. The Bertz CT molecular complexity index is 906. The topological polar surface area (TPSA) is 71.0 Å². The molecule has 138 valence electrons. The van der Waals surface area contributed by atoms with E-state index in [-0.39, 0.29) is 5.91 Å². The third-order valence-corrected chi connectivity index (χ3v) is 5.51. The van der Waals surface area contributed by atoms with Crippen LogP contribution < -0.4 is 5.32 Å². The van der Waals surface area contributed by atoms with Crippen LogP contribution in [0, 0.1) is 0 Å². The molecule has 6 nitrogen and oxygen atoms in total. The van der Waals surface area contributed by atoms with Crippen molar-refractivity contribution in [3.8, 4) is 10.6 Å². The van der Waals surface area contributed by atoms with Crippen LogP contribution >= 0.6 is 11.3 Å². The minimum absolute atomic E-state index is 0.0654. The van der Waals surface area contributed by atoms with E-state index in [4.69, 9.17) is 0 Å². The second-order valence-corrected chi connectivity index (χ2v) is 7.32. The van der Waals surface area contributed by atoms with Crippen molar-refractivity contribution >= 4 is 23.1 Å². The molecule has 1 fully saturated rings. The molecule has 1 aliphatic rings. The molecule has 27 heavy (non-hydrogen) atoms. The normalized spacial score (nSPS) is 13.7. The monoisotopic (exact) mass is 379 g/mol. The number of hydrogen-bond acceptors (Lipinski definition) is 6. The van der Waals surface area contributed by atoms with Crippen molar-refractivity contribution in [2.75, 3.05) is 25.0 Å². The predicted octanol–water partition coefficient (Wildman–Crippen LogP) is 3.49. The zero-order valence-corrected chi connectivity index (χ0v) is 15.8. The van der Waals surface area contributed by atoms with Gasteiger partial charge in [-0.2, -0.15) is 0 Å². The molecule has 3 aromatic heterocycles. The molecule has 1 aliphatic heterocycles. The van der Waals surface area contributed by atoms with Crippen molar-refractivity contribution in [1.29, 1.82) is 0 Å². The summed E-state index contributed by atoms with van der Waals surface area (Å²) in [6.07, 6.45) is 8.23. The lowest BCUT2D eigenvalue weighted by atomic mass is 10.2. The quantitative estimate of drug-likeness (QED) is 0.710. The molecule has 4 heterocycles. The van der Waals surface area contributed by atoms with Gasteiger partial charge in [0.15, 0.2) is 0 Å². The number of rotatable bonds is 6. The summed E-state index contributed by atoms with van der Waals surface area (Å²) in [5, 5.41) is 6.35. The number of pyridine rings is 2. The Morgan fingerprint density at radius 3 is 2.85 bits per heavy atom. The number of nitrogens with one attached hydrogen (secondary N) is 1. The molecule has 0 atom stereocenters. The van der Waals surface area contributed by atoms with Crippen molar-refractivity contribution in [3.05, 3.63) is 59.5 Å². The molecular formula is C20H21N5OS. The van der Waals surface area contributed by atoms with E-state index in [0.717, 1.165) is 48.6 Å². The predicted molar refractivity (Wildman–Crippen MR) is 107 cm³/mol. The van der Waals surface area contributed by atoms with Crippen molar-refractivity contribution in [2.24, 2.45) is 0 Å². The van der Waals surface area contributed by atoms with Crippen LogP contribution in [0.2, 0.25) is 0 Å². The maximum Gasteiger partial charge on any atom is 0.257 e. The maximum atomic E-state index is 12.7. The molecule has 3 aromatic rings. The third-order valence-electron chi connectivity index (χ3n) is 4.57. The van der Waals surface area contributed by atoms with Crippen LogP contribution in [-0.4, -0.2) is 45.4 Å². The molecule has 0 radical (unpaired) electrons. The van der Waals surface area contributed by atoms with Crippen molar-refractivity contribution in [1.82, 2.24) is 19.9 Å². The highest BCUT2D eigenvalue weighted by Gasteiger charge is 2.22. The summed E-state index contributed by atoms with van der Waals surface area (Å²) >= 11 is 1.62. The third kappa shape index (κ3) is 4.14. The van der Waals surface area contributed by atoms with Crippen LogP contribution in [0.3, 0.4) is 0 Å². The minimum Gasteiger partial charge on any atom is -0.369 e. The fraction of sp³-hybridized carbons (Fsp3) is 0.300. The molecule has 1 amide bonds. The number of amides is 1. The first-order valence-electron chi connectivity index (χ1n) is 9.14. The number of nitrogens with zero attached hydrogens (tertiary/aromatic N) is 4. The summed E-state index contributed by atoms with van der Waals surface area (Å²) in [6, 6.07) is 7.59. The van der Waals surface area contributed by atoms with E-state index in [0.29, 0.717) is 17.9 Å². The maximum absolute atomic E-state index is 12.7. The van der Waals surface area contributed by atoms with Gasteiger partial charge < -0.3 is 10.2 Å². The van der Waals surface area contributed by atoms with E-state index in [9.17, 15) is 4.79 Å². The average molecular weight is 379 g/mol. The number of thiazole rings is 1. The molecule has 1 N–H and O–H groups in total. The van der Waals surface area contributed by atoms with Crippen LogP contribution in [0.4, 0.5) is 5.82 Å². The summed E-state index contributed by atoms with van der Waals surface area (Å²) in [5.74, 6) is 0.715. The lowest BCUT2D eigenvalue weighted by Crippen LogP contribution is -2.28. The van der Waals surface area contributed by atoms with Gasteiger partial charge in [0, 0.05) is 55.6 Å². The minimum atomic E-state index is 0.0654. The number of aromatic nitrogens is 3. The van der Waals surface area contributed by atoms with Gasteiger partial charge in [-0.3, -0.25) is 9.78 Å². The van der Waals surface area contributed by atoms with E-state index in [1.54, 1.807) is 23.7 Å². The molecule has 4 rings (SSSR count). The molecule has 0 aliphatic carbocycles. The van der Waals surface area contributed by atoms with Gasteiger partial charge in [-0.05, 0) is 37.1 Å². The SMILES string of the molecule is O=C(c1cccnc1NCCc1csc(-c2cccnc2)n1)N1CCCC1. The summed E-state index contributed by atoms with van der Waals surface area (Å²) in [4.78, 5) is 27.8. The second kappa shape index (κ2) is 8.26. The summed E-state index contributed by atoms with van der Waals surface area (Å²) in [5.41, 5.74) is 2.70. The number of carbonyl (C=O) groups is 1. The van der Waals surface area contributed by atoms with Gasteiger partial charge in [-0.1, -0.05) is 0 Å². The highest BCUT2D eigenvalue weighted by atomic mass is 32.1. The largest absolute Gasteiger partial charge is 0.369 e. The van der Waals surface area contributed by atoms with Crippen LogP contribution in [-0.2, 0) is 6.42 Å². The molecule has 0 aromatic carbocycles. The van der Waals surface area contributed by atoms with Gasteiger partial charge in [0.05, 0.1) is 11.3 Å². The Hall–Kier alpha value is -2.80. The van der Waals surface area contributed by atoms with Gasteiger partial charge in [-0.25, -0.2) is 9.97 Å². The molecule has 0 spiro atoms. The fourth-order valence-corrected chi connectivity index (χ4v) is 4.01. The lowest BCUT2D eigenvalue weighted by molar-refractivity contribution is 0.0793. The van der Waals surface area contributed by atoms with Crippen molar-refractivity contribution < 1.29 is 4.79 Å². The average Bonchev–Trinajstić information content (AvgIpc) is 3.41. The summed E-state index contributed by atoms with van der Waals surface area (Å²) in [7, 11) is 0. The van der Waals surface area contributed by atoms with Crippen LogP contribution in [0.5, 0.6) is 0 Å². The highest BCUT2D eigenvalue weighted by Crippen LogP contribution is 2.23. The van der Waals surface area contributed by atoms with Crippen LogP contribution in [0.25, 0.3) is 10.6 Å². The Kier molecular flexibility index (Phi) is 5.39. The molecule has 0 saturated carbocycles. The lowest BCUT2D eigenvalue weighted by Gasteiger charge is -2.17. The molecule has 7 heteroatoms. The number of hydrogen-bond donors (Lipinski definition) is 1. The second-order valence-electron chi connectivity index (χ2n) is 6.46. The van der Waals surface area contributed by atoms with E-state index in [1.165, 1.54) is 0 Å².